The van der Waals surface area contributed by atoms with Crippen molar-refractivity contribution in [3.05, 3.63) is 24.0 Å². The Kier molecular flexibility index (Phi) is 4.71. The molecule has 0 aromatic carbocycles. The molecule has 0 saturated heterocycles. The molecule has 2 atom stereocenters. The zero-order chi connectivity index (χ0) is 12.1. The van der Waals surface area contributed by atoms with Crippen LogP contribution in [0.3, 0.4) is 0 Å². The second kappa shape index (κ2) is 5.82. The number of aromatic nitrogens is 1. The first kappa shape index (κ1) is 12.9. The van der Waals surface area contributed by atoms with Crippen molar-refractivity contribution < 1.29 is 5.11 Å². The molecule has 0 bridgehead atoms. The average molecular weight is 223 g/mol. The highest BCUT2D eigenvalue weighted by atomic mass is 16.3. The molecule has 1 aromatic rings. The zero-order valence-corrected chi connectivity index (χ0v) is 10.4. The van der Waals surface area contributed by atoms with E-state index in [0.717, 1.165) is 11.4 Å². The number of pyridine rings is 1. The molecule has 0 spiro atoms. The normalized spacial score (nSPS) is 14.6. The average Bonchev–Trinajstić information content (AvgIpc) is 2.27. The van der Waals surface area contributed by atoms with Gasteiger partial charge in [-0.1, -0.05) is 0 Å². The number of nitrogens with one attached hydrogen (secondary N) is 1. The fourth-order valence-electron chi connectivity index (χ4n) is 1.53. The monoisotopic (exact) mass is 223 g/mol. The Hall–Kier alpha value is -1.13. The van der Waals surface area contributed by atoms with Crippen molar-refractivity contribution >= 4 is 5.69 Å². The molecular formula is C12H21N3O. The van der Waals surface area contributed by atoms with Gasteiger partial charge in [-0.25, -0.2) is 0 Å². The fourth-order valence-corrected chi connectivity index (χ4v) is 1.53. The minimum atomic E-state index is -0.332. The number of aliphatic hydroxyl groups excluding tert-OH is 1. The molecule has 4 heteroatoms. The van der Waals surface area contributed by atoms with Gasteiger partial charge in [-0.2, -0.15) is 0 Å². The van der Waals surface area contributed by atoms with Crippen LogP contribution in [-0.2, 0) is 0 Å². The van der Waals surface area contributed by atoms with Crippen LogP contribution in [0.1, 0.15) is 25.6 Å². The number of hydrogen-bond donors (Lipinski definition) is 2. The summed E-state index contributed by atoms with van der Waals surface area (Å²) in [5.41, 5.74) is 2.05. The maximum absolute atomic E-state index is 9.29. The Labute approximate surface area is 97.3 Å². The maximum Gasteiger partial charge on any atom is 0.0686 e. The van der Waals surface area contributed by atoms with Crippen LogP contribution in [0, 0.1) is 0 Å². The highest BCUT2D eigenvalue weighted by Crippen LogP contribution is 2.15. The van der Waals surface area contributed by atoms with Crippen LogP contribution in [0.2, 0.25) is 0 Å². The lowest BCUT2D eigenvalue weighted by Crippen LogP contribution is -2.27. The first-order valence-corrected chi connectivity index (χ1v) is 5.57. The van der Waals surface area contributed by atoms with Crippen molar-refractivity contribution in [2.75, 3.05) is 25.5 Å². The third-order valence-corrected chi connectivity index (χ3v) is 2.63. The summed E-state index contributed by atoms with van der Waals surface area (Å²) in [6, 6.07) is 4.30. The van der Waals surface area contributed by atoms with Gasteiger partial charge < -0.3 is 15.3 Å². The van der Waals surface area contributed by atoms with Gasteiger partial charge in [0.2, 0.25) is 0 Å². The lowest BCUT2D eigenvalue weighted by molar-refractivity contribution is 0.201. The highest BCUT2D eigenvalue weighted by molar-refractivity contribution is 5.43. The van der Waals surface area contributed by atoms with Gasteiger partial charge in [0.05, 0.1) is 23.7 Å². The van der Waals surface area contributed by atoms with Crippen LogP contribution in [0.25, 0.3) is 0 Å². The van der Waals surface area contributed by atoms with Gasteiger partial charge in [-0.05, 0) is 33.0 Å². The van der Waals surface area contributed by atoms with Crippen molar-refractivity contribution in [3.63, 3.8) is 0 Å². The molecule has 1 rings (SSSR count). The van der Waals surface area contributed by atoms with Crippen LogP contribution in [-0.4, -0.2) is 36.8 Å². The summed E-state index contributed by atoms with van der Waals surface area (Å²) < 4.78 is 0. The van der Waals surface area contributed by atoms with E-state index in [1.807, 2.05) is 37.3 Å². The third kappa shape index (κ3) is 3.47. The van der Waals surface area contributed by atoms with Gasteiger partial charge in [0.15, 0.2) is 0 Å². The third-order valence-electron chi connectivity index (χ3n) is 2.63. The second-order valence-electron chi connectivity index (χ2n) is 4.18. The quantitative estimate of drug-likeness (QED) is 0.787. The van der Waals surface area contributed by atoms with Gasteiger partial charge in [0.1, 0.15) is 0 Å². The first-order chi connectivity index (χ1) is 7.54. The van der Waals surface area contributed by atoms with E-state index in [9.17, 15) is 5.11 Å². The van der Waals surface area contributed by atoms with Gasteiger partial charge >= 0.3 is 0 Å². The molecule has 0 fully saturated rings. The van der Waals surface area contributed by atoms with E-state index in [4.69, 9.17) is 0 Å². The van der Waals surface area contributed by atoms with Crippen LogP contribution in [0.5, 0.6) is 0 Å². The largest absolute Gasteiger partial charge is 0.392 e. The predicted octanol–water partition coefficient (Wildman–Crippen LogP) is 1.18. The van der Waals surface area contributed by atoms with Crippen LogP contribution in [0.4, 0.5) is 5.69 Å². The summed E-state index contributed by atoms with van der Waals surface area (Å²) in [4.78, 5) is 6.38. The predicted molar refractivity (Wildman–Crippen MR) is 66.7 cm³/mol. The van der Waals surface area contributed by atoms with Crippen molar-refractivity contribution in [1.29, 1.82) is 0 Å². The smallest absolute Gasteiger partial charge is 0.0686 e. The van der Waals surface area contributed by atoms with E-state index in [2.05, 4.69) is 17.2 Å². The highest BCUT2D eigenvalue weighted by Gasteiger charge is 2.07. The number of nitrogens with zero attached hydrogens (tertiary/aromatic N) is 2. The van der Waals surface area contributed by atoms with Crippen LogP contribution in [0.15, 0.2) is 18.3 Å². The SMILES string of the molecule is CNC(C)c1ccc(N(C)CC(C)O)cn1. The molecule has 2 N–H and O–H groups in total. The molecule has 1 heterocycles. The van der Waals surface area contributed by atoms with E-state index in [1.165, 1.54) is 0 Å². The number of anilines is 1. The summed E-state index contributed by atoms with van der Waals surface area (Å²) in [5, 5.41) is 12.4. The Morgan fingerprint density at radius 1 is 1.44 bits per heavy atom. The minimum absolute atomic E-state index is 0.260. The molecule has 0 saturated carbocycles. The summed E-state index contributed by atoms with van der Waals surface area (Å²) in [5.74, 6) is 0. The van der Waals surface area contributed by atoms with Crippen molar-refractivity contribution in [2.24, 2.45) is 0 Å². The zero-order valence-electron chi connectivity index (χ0n) is 10.4. The number of aliphatic hydroxyl groups is 1. The molecule has 1 aromatic heterocycles. The summed E-state index contributed by atoms with van der Waals surface area (Å²) >= 11 is 0. The van der Waals surface area contributed by atoms with Crippen LogP contribution >= 0.6 is 0 Å². The van der Waals surface area contributed by atoms with Gasteiger partial charge in [-0.15, -0.1) is 0 Å². The fraction of sp³-hybridized carbons (Fsp3) is 0.583. The number of likely N-dealkylation sites (N-methyl/N-ethyl adjacent to an activating group) is 1. The summed E-state index contributed by atoms with van der Waals surface area (Å²) in [6.07, 6.45) is 1.51. The van der Waals surface area contributed by atoms with Gasteiger partial charge in [0.25, 0.3) is 0 Å². The number of hydrogen-bond acceptors (Lipinski definition) is 4. The van der Waals surface area contributed by atoms with E-state index >= 15 is 0 Å². The lowest BCUT2D eigenvalue weighted by atomic mass is 10.2. The molecule has 0 aliphatic rings. The molecule has 4 nitrogen and oxygen atoms in total. The molecule has 0 amide bonds. The van der Waals surface area contributed by atoms with E-state index in [0.29, 0.717) is 6.54 Å². The molecule has 0 aliphatic carbocycles. The standard InChI is InChI=1S/C12H21N3O/c1-9(16)8-15(4)11-5-6-12(14-7-11)10(2)13-3/h5-7,9-10,13,16H,8H2,1-4H3. The van der Waals surface area contributed by atoms with E-state index in [-0.39, 0.29) is 12.1 Å². The van der Waals surface area contributed by atoms with Crippen molar-refractivity contribution in [3.8, 4) is 0 Å². The topological polar surface area (TPSA) is 48.4 Å². The Balaban J connectivity index is 2.70. The molecule has 16 heavy (non-hydrogen) atoms. The Morgan fingerprint density at radius 2 is 2.12 bits per heavy atom. The second-order valence-corrected chi connectivity index (χ2v) is 4.18. The molecular weight excluding hydrogens is 202 g/mol. The van der Waals surface area contributed by atoms with E-state index < -0.39 is 0 Å². The minimum Gasteiger partial charge on any atom is -0.392 e. The maximum atomic E-state index is 9.29. The molecule has 90 valence electrons. The first-order valence-electron chi connectivity index (χ1n) is 5.57. The summed E-state index contributed by atoms with van der Waals surface area (Å²) in [7, 11) is 3.87. The van der Waals surface area contributed by atoms with Gasteiger partial charge in [-0.3, -0.25) is 4.98 Å². The molecule has 0 radical (unpaired) electrons. The summed E-state index contributed by atoms with van der Waals surface area (Å²) in [6.45, 7) is 4.46. The van der Waals surface area contributed by atoms with E-state index in [1.54, 1.807) is 6.92 Å². The van der Waals surface area contributed by atoms with Crippen LogP contribution < -0.4 is 10.2 Å². The Bertz CT molecular complexity index is 311. The van der Waals surface area contributed by atoms with Crippen molar-refractivity contribution in [2.45, 2.75) is 26.0 Å². The van der Waals surface area contributed by atoms with Crippen molar-refractivity contribution in [1.82, 2.24) is 10.3 Å². The molecule has 2 unspecified atom stereocenters. The number of rotatable bonds is 5. The Morgan fingerprint density at radius 3 is 2.56 bits per heavy atom. The molecule has 0 aliphatic heterocycles. The lowest BCUT2D eigenvalue weighted by Gasteiger charge is -2.21. The van der Waals surface area contributed by atoms with Gasteiger partial charge in [0, 0.05) is 19.6 Å².